The molecule has 98 valence electrons. The van der Waals surface area contributed by atoms with Crippen LogP contribution in [0.1, 0.15) is 28.4 Å². The van der Waals surface area contributed by atoms with Crippen molar-refractivity contribution >= 4 is 5.97 Å². The third kappa shape index (κ3) is 3.02. The summed E-state index contributed by atoms with van der Waals surface area (Å²) in [6.45, 7) is 6.41. The smallest absolute Gasteiger partial charge is 0.338 e. The molecule has 2 nitrogen and oxygen atoms in total. The summed E-state index contributed by atoms with van der Waals surface area (Å²) in [5.41, 5.74) is 5.42. The molecule has 0 spiro atoms. The van der Waals surface area contributed by atoms with Gasteiger partial charge in [0.25, 0.3) is 0 Å². The highest BCUT2D eigenvalue weighted by molar-refractivity contribution is 5.90. The van der Waals surface area contributed by atoms with E-state index in [9.17, 15) is 4.79 Å². The second kappa shape index (κ2) is 5.70. The van der Waals surface area contributed by atoms with Crippen LogP contribution in [0, 0.1) is 13.8 Å². The number of benzene rings is 2. The molecule has 0 radical (unpaired) electrons. The van der Waals surface area contributed by atoms with E-state index in [-0.39, 0.29) is 5.97 Å². The number of esters is 1. The number of hydrogen-bond donors (Lipinski definition) is 0. The lowest BCUT2D eigenvalue weighted by Crippen LogP contribution is -2.03. The first-order chi connectivity index (χ1) is 9.11. The van der Waals surface area contributed by atoms with Gasteiger partial charge in [-0.05, 0) is 55.2 Å². The molecule has 0 fully saturated rings. The Morgan fingerprint density at radius 3 is 2.16 bits per heavy atom. The van der Waals surface area contributed by atoms with Crippen LogP contribution in [0.2, 0.25) is 0 Å². The Balaban J connectivity index is 2.27. The van der Waals surface area contributed by atoms with Crippen LogP contribution in [0.5, 0.6) is 0 Å². The van der Waals surface area contributed by atoms with Gasteiger partial charge in [0.15, 0.2) is 0 Å². The molecule has 2 rings (SSSR count). The highest BCUT2D eigenvalue weighted by atomic mass is 16.5. The van der Waals surface area contributed by atoms with E-state index in [0.717, 1.165) is 5.56 Å². The lowest BCUT2D eigenvalue weighted by molar-refractivity contribution is 0.0526. The molecule has 0 atom stereocenters. The van der Waals surface area contributed by atoms with Gasteiger partial charge in [0.1, 0.15) is 0 Å². The molecule has 0 aliphatic rings. The van der Waals surface area contributed by atoms with E-state index in [1.165, 1.54) is 16.7 Å². The molecular weight excluding hydrogens is 236 g/mol. The van der Waals surface area contributed by atoms with Gasteiger partial charge in [-0.15, -0.1) is 0 Å². The second-order valence-corrected chi connectivity index (χ2v) is 4.60. The largest absolute Gasteiger partial charge is 0.462 e. The Kier molecular flexibility index (Phi) is 4.00. The normalized spacial score (nSPS) is 10.3. The van der Waals surface area contributed by atoms with E-state index < -0.39 is 0 Å². The fraction of sp³-hybridized carbons (Fsp3) is 0.235. The lowest BCUT2D eigenvalue weighted by atomic mass is 10.00. The number of carbonyl (C=O) groups excluding carboxylic acids is 1. The SMILES string of the molecule is CCOC(=O)c1ccc(-c2ccc(C)c(C)c2)cc1. The zero-order valence-electron chi connectivity index (χ0n) is 11.6. The van der Waals surface area contributed by atoms with Crippen LogP contribution in [0.25, 0.3) is 11.1 Å². The van der Waals surface area contributed by atoms with E-state index in [2.05, 4.69) is 32.0 Å². The summed E-state index contributed by atoms with van der Waals surface area (Å²) in [6, 6.07) is 13.9. The van der Waals surface area contributed by atoms with Gasteiger partial charge in [-0.25, -0.2) is 4.79 Å². The molecule has 0 aromatic heterocycles. The summed E-state index contributed by atoms with van der Waals surface area (Å²) in [6.07, 6.45) is 0. The number of aryl methyl sites for hydroxylation is 2. The summed E-state index contributed by atoms with van der Waals surface area (Å²) in [5.74, 6) is -0.269. The molecule has 19 heavy (non-hydrogen) atoms. The van der Waals surface area contributed by atoms with E-state index in [0.29, 0.717) is 12.2 Å². The van der Waals surface area contributed by atoms with Gasteiger partial charge in [0, 0.05) is 0 Å². The van der Waals surface area contributed by atoms with Gasteiger partial charge in [-0.3, -0.25) is 0 Å². The highest BCUT2D eigenvalue weighted by Gasteiger charge is 2.06. The van der Waals surface area contributed by atoms with Crippen LogP contribution in [0.3, 0.4) is 0 Å². The van der Waals surface area contributed by atoms with Crippen LogP contribution in [-0.4, -0.2) is 12.6 Å². The number of hydrogen-bond acceptors (Lipinski definition) is 2. The van der Waals surface area contributed by atoms with E-state index in [1.54, 1.807) is 6.92 Å². The summed E-state index contributed by atoms with van der Waals surface area (Å²) >= 11 is 0. The third-order valence-electron chi connectivity index (χ3n) is 3.24. The summed E-state index contributed by atoms with van der Waals surface area (Å²) < 4.78 is 4.97. The Morgan fingerprint density at radius 2 is 1.58 bits per heavy atom. The van der Waals surface area contributed by atoms with Gasteiger partial charge >= 0.3 is 5.97 Å². The zero-order chi connectivity index (χ0) is 13.8. The molecule has 0 heterocycles. The van der Waals surface area contributed by atoms with Crippen molar-refractivity contribution in [1.82, 2.24) is 0 Å². The average molecular weight is 254 g/mol. The van der Waals surface area contributed by atoms with Crippen LogP contribution >= 0.6 is 0 Å². The topological polar surface area (TPSA) is 26.3 Å². The average Bonchev–Trinajstić information content (AvgIpc) is 2.42. The number of rotatable bonds is 3. The molecule has 0 aliphatic heterocycles. The molecule has 0 saturated heterocycles. The van der Waals surface area contributed by atoms with Crippen molar-refractivity contribution in [2.45, 2.75) is 20.8 Å². The highest BCUT2D eigenvalue weighted by Crippen LogP contribution is 2.22. The number of ether oxygens (including phenoxy) is 1. The van der Waals surface area contributed by atoms with E-state index >= 15 is 0 Å². The van der Waals surface area contributed by atoms with Crippen LogP contribution in [0.15, 0.2) is 42.5 Å². The van der Waals surface area contributed by atoms with E-state index in [4.69, 9.17) is 4.74 Å². The zero-order valence-corrected chi connectivity index (χ0v) is 11.6. The van der Waals surface area contributed by atoms with Crippen molar-refractivity contribution in [3.8, 4) is 11.1 Å². The van der Waals surface area contributed by atoms with Gasteiger partial charge in [0.05, 0.1) is 12.2 Å². The molecule has 0 aliphatic carbocycles. The Hall–Kier alpha value is -2.09. The van der Waals surface area contributed by atoms with Crippen molar-refractivity contribution in [2.75, 3.05) is 6.61 Å². The first kappa shape index (κ1) is 13.3. The summed E-state index contributed by atoms with van der Waals surface area (Å²) in [4.78, 5) is 11.6. The Bertz CT molecular complexity index is 583. The maximum Gasteiger partial charge on any atom is 0.338 e. The van der Waals surface area contributed by atoms with Gasteiger partial charge in [-0.2, -0.15) is 0 Å². The lowest BCUT2D eigenvalue weighted by Gasteiger charge is -2.07. The maximum atomic E-state index is 11.6. The van der Waals surface area contributed by atoms with Gasteiger partial charge in [0.2, 0.25) is 0 Å². The van der Waals surface area contributed by atoms with Crippen molar-refractivity contribution in [3.05, 3.63) is 59.2 Å². The molecule has 2 heteroatoms. The standard InChI is InChI=1S/C17H18O2/c1-4-19-17(18)15-9-7-14(8-10-15)16-6-5-12(2)13(3)11-16/h5-11H,4H2,1-3H3. The minimum Gasteiger partial charge on any atom is -0.462 e. The summed E-state index contributed by atoms with van der Waals surface area (Å²) in [7, 11) is 0. The quantitative estimate of drug-likeness (QED) is 0.769. The van der Waals surface area contributed by atoms with Crippen molar-refractivity contribution in [1.29, 1.82) is 0 Å². The molecule has 0 bridgehead atoms. The molecule has 0 unspecified atom stereocenters. The van der Waals surface area contributed by atoms with Crippen LogP contribution in [0.4, 0.5) is 0 Å². The predicted octanol–water partition coefficient (Wildman–Crippen LogP) is 4.15. The minimum absolute atomic E-state index is 0.269. The fourth-order valence-electron chi connectivity index (χ4n) is 1.93. The van der Waals surface area contributed by atoms with Crippen molar-refractivity contribution in [3.63, 3.8) is 0 Å². The first-order valence-electron chi connectivity index (χ1n) is 6.46. The monoisotopic (exact) mass is 254 g/mol. The minimum atomic E-state index is -0.269. The van der Waals surface area contributed by atoms with Gasteiger partial charge in [-0.1, -0.05) is 30.3 Å². The number of carbonyl (C=O) groups is 1. The molecule has 2 aromatic rings. The Labute approximate surface area is 114 Å². The maximum absolute atomic E-state index is 11.6. The fourth-order valence-corrected chi connectivity index (χ4v) is 1.93. The molecule has 0 amide bonds. The molecule has 0 N–H and O–H groups in total. The Morgan fingerprint density at radius 1 is 0.947 bits per heavy atom. The molecule has 0 saturated carbocycles. The van der Waals surface area contributed by atoms with E-state index in [1.807, 2.05) is 24.3 Å². The van der Waals surface area contributed by atoms with Gasteiger partial charge < -0.3 is 4.74 Å². The van der Waals surface area contributed by atoms with Crippen molar-refractivity contribution in [2.24, 2.45) is 0 Å². The first-order valence-corrected chi connectivity index (χ1v) is 6.46. The van der Waals surface area contributed by atoms with Crippen molar-refractivity contribution < 1.29 is 9.53 Å². The predicted molar refractivity (Wildman–Crippen MR) is 77.3 cm³/mol. The molecular formula is C17H18O2. The summed E-state index contributed by atoms with van der Waals surface area (Å²) in [5, 5.41) is 0. The van der Waals surface area contributed by atoms with Crippen LogP contribution in [-0.2, 0) is 4.74 Å². The van der Waals surface area contributed by atoms with Crippen LogP contribution < -0.4 is 0 Å². The third-order valence-corrected chi connectivity index (χ3v) is 3.24. The molecule has 2 aromatic carbocycles. The second-order valence-electron chi connectivity index (χ2n) is 4.60.